The highest BCUT2D eigenvalue weighted by Crippen LogP contribution is 2.37. The van der Waals surface area contributed by atoms with E-state index in [1.807, 2.05) is 19.9 Å². The Hall–Kier alpha value is -2.97. The number of rotatable bonds is 7. The third-order valence-corrected chi connectivity index (χ3v) is 3.76. The molecule has 2 aromatic rings. The van der Waals surface area contributed by atoms with Gasteiger partial charge in [-0.25, -0.2) is 4.79 Å². The minimum Gasteiger partial charge on any atom is -0.493 e. The van der Waals surface area contributed by atoms with E-state index in [0.29, 0.717) is 27.6 Å². The first-order valence-electron chi connectivity index (χ1n) is 8.31. The van der Waals surface area contributed by atoms with Gasteiger partial charge >= 0.3 is 5.97 Å². The first-order valence-corrected chi connectivity index (χ1v) is 8.68. The number of carbonyl (C=O) groups is 1. The molecule has 0 radical (unpaired) electrons. The molecule has 2 rings (SSSR count). The van der Waals surface area contributed by atoms with Gasteiger partial charge in [0.2, 0.25) is 0 Å². The van der Waals surface area contributed by atoms with E-state index in [4.69, 9.17) is 31.1 Å². The van der Waals surface area contributed by atoms with Crippen LogP contribution in [0.5, 0.6) is 11.5 Å². The molecule has 5 nitrogen and oxygen atoms in total. The van der Waals surface area contributed by atoms with Gasteiger partial charge in [0.25, 0.3) is 0 Å². The highest BCUT2D eigenvalue weighted by Gasteiger charge is 2.12. The largest absolute Gasteiger partial charge is 0.493 e. The number of esters is 1. The van der Waals surface area contributed by atoms with E-state index in [2.05, 4.69) is 0 Å². The lowest BCUT2D eigenvalue weighted by atomic mass is 10.1. The fourth-order valence-corrected chi connectivity index (χ4v) is 2.49. The molecule has 2 aromatic carbocycles. The smallest absolute Gasteiger partial charge is 0.331 e. The van der Waals surface area contributed by atoms with Crippen molar-refractivity contribution < 1.29 is 19.0 Å². The predicted octanol–water partition coefficient (Wildman–Crippen LogP) is 4.76. The molecule has 0 spiro atoms. The minimum absolute atomic E-state index is 0.0463. The van der Waals surface area contributed by atoms with Gasteiger partial charge in [0, 0.05) is 6.08 Å². The fourth-order valence-electron chi connectivity index (χ4n) is 2.23. The summed E-state index contributed by atoms with van der Waals surface area (Å²) in [6.07, 6.45) is 2.86. The number of ether oxygens (including phenoxy) is 3. The van der Waals surface area contributed by atoms with Crippen molar-refractivity contribution in [2.75, 3.05) is 7.11 Å². The number of hydrogen-bond acceptors (Lipinski definition) is 5. The molecular weight excluding hydrogens is 366 g/mol. The van der Waals surface area contributed by atoms with Crippen LogP contribution in [-0.4, -0.2) is 19.2 Å². The van der Waals surface area contributed by atoms with Gasteiger partial charge in [-0.3, -0.25) is 0 Å². The first kappa shape index (κ1) is 20.3. The highest BCUT2D eigenvalue weighted by molar-refractivity contribution is 6.32. The van der Waals surface area contributed by atoms with Crippen LogP contribution in [0.4, 0.5) is 0 Å². The van der Waals surface area contributed by atoms with Gasteiger partial charge in [-0.05, 0) is 55.3 Å². The van der Waals surface area contributed by atoms with Crippen molar-refractivity contribution >= 4 is 23.6 Å². The molecule has 0 fully saturated rings. The van der Waals surface area contributed by atoms with Gasteiger partial charge < -0.3 is 14.2 Å². The molecule has 0 amide bonds. The molecule has 0 atom stereocenters. The fraction of sp³-hybridized carbons (Fsp3) is 0.238. The first-order chi connectivity index (χ1) is 12.9. The van der Waals surface area contributed by atoms with Crippen molar-refractivity contribution in [1.29, 1.82) is 5.26 Å². The summed E-state index contributed by atoms with van der Waals surface area (Å²) in [5.41, 5.74) is 2.04. The molecule has 0 heterocycles. The van der Waals surface area contributed by atoms with Gasteiger partial charge in [-0.1, -0.05) is 23.7 Å². The third-order valence-electron chi connectivity index (χ3n) is 3.48. The van der Waals surface area contributed by atoms with E-state index in [9.17, 15) is 4.79 Å². The normalized spacial score (nSPS) is 10.7. The molecule has 0 unspecified atom stereocenters. The van der Waals surface area contributed by atoms with Crippen LogP contribution >= 0.6 is 11.6 Å². The molecule has 0 aliphatic carbocycles. The van der Waals surface area contributed by atoms with Crippen LogP contribution in [0.15, 0.2) is 42.5 Å². The van der Waals surface area contributed by atoms with Crippen molar-refractivity contribution in [3.8, 4) is 17.6 Å². The Kier molecular flexibility index (Phi) is 7.27. The molecule has 0 aliphatic rings. The zero-order valence-electron chi connectivity index (χ0n) is 15.4. The number of hydrogen-bond donors (Lipinski definition) is 0. The van der Waals surface area contributed by atoms with E-state index >= 15 is 0 Å². The van der Waals surface area contributed by atoms with Gasteiger partial charge in [-0.15, -0.1) is 0 Å². The second kappa shape index (κ2) is 9.65. The molecule has 0 saturated heterocycles. The lowest BCUT2D eigenvalue weighted by molar-refractivity contribution is -0.138. The van der Waals surface area contributed by atoms with Crippen LogP contribution in [0, 0.1) is 11.3 Å². The number of methoxy groups -OCH3 is 1. The Balaban J connectivity index is 2.02. The number of nitrogens with zero attached hydrogens (tertiary/aromatic N) is 1. The van der Waals surface area contributed by atoms with Crippen LogP contribution in [0.3, 0.4) is 0 Å². The van der Waals surface area contributed by atoms with Crippen LogP contribution in [0.1, 0.15) is 30.5 Å². The summed E-state index contributed by atoms with van der Waals surface area (Å²) in [6.45, 7) is 3.92. The summed E-state index contributed by atoms with van der Waals surface area (Å²) in [6, 6.07) is 12.3. The van der Waals surface area contributed by atoms with Crippen molar-refractivity contribution in [2.45, 2.75) is 26.6 Å². The molecule has 27 heavy (non-hydrogen) atoms. The molecule has 0 N–H and O–H groups in total. The molecule has 6 heteroatoms. The number of nitriles is 1. The topological polar surface area (TPSA) is 68.5 Å². The van der Waals surface area contributed by atoms with Crippen LogP contribution in [0.2, 0.25) is 5.02 Å². The van der Waals surface area contributed by atoms with Gasteiger partial charge in [0.05, 0.1) is 29.9 Å². The van der Waals surface area contributed by atoms with Crippen molar-refractivity contribution in [1.82, 2.24) is 0 Å². The second-order valence-electron chi connectivity index (χ2n) is 5.95. The molecule has 0 aliphatic heterocycles. The van der Waals surface area contributed by atoms with Crippen molar-refractivity contribution in [3.63, 3.8) is 0 Å². The lowest BCUT2D eigenvalue weighted by Gasteiger charge is -2.15. The van der Waals surface area contributed by atoms with E-state index in [-0.39, 0.29) is 12.7 Å². The van der Waals surface area contributed by atoms with Crippen molar-refractivity contribution in [3.05, 3.63) is 64.2 Å². The van der Waals surface area contributed by atoms with Gasteiger partial charge in [0.15, 0.2) is 11.5 Å². The van der Waals surface area contributed by atoms with E-state index in [1.165, 1.54) is 13.2 Å². The lowest BCUT2D eigenvalue weighted by Crippen LogP contribution is -2.07. The van der Waals surface area contributed by atoms with E-state index < -0.39 is 5.97 Å². The maximum atomic E-state index is 11.9. The standard InChI is InChI=1S/C21H20ClNO4/c1-14(2)27-21-18(22)10-17(11-19(21)25-3)8-9-20(24)26-13-16-6-4-15(12-23)5-7-16/h4-11,14H,13H2,1-3H3/b9-8+. The Bertz CT molecular complexity index is 867. The van der Waals surface area contributed by atoms with Crippen LogP contribution in [-0.2, 0) is 16.1 Å². The zero-order valence-corrected chi connectivity index (χ0v) is 16.1. The Labute approximate surface area is 163 Å². The van der Waals surface area contributed by atoms with Crippen molar-refractivity contribution in [2.24, 2.45) is 0 Å². The summed E-state index contributed by atoms with van der Waals surface area (Å²) in [5, 5.41) is 9.17. The van der Waals surface area contributed by atoms with Crippen LogP contribution < -0.4 is 9.47 Å². The molecule has 0 bridgehead atoms. The Morgan fingerprint density at radius 2 is 1.96 bits per heavy atom. The average molecular weight is 386 g/mol. The van der Waals surface area contributed by atoms with Gasteiger partial charge in [-0.2, -0.15) is 5.26 Å². The maximum Gasteiger partial charge on any atom is 0.331 e. The summed E-state index contributed by atoms with van der Waals surface area (Å²) in [5.74, 6) is 0.466. The Morgan fingerprint density at radius 1 is 1.26 bits per heavy atom. The summed E-state index contributed by atoms with van der Waals surface area (Å²) >= 11 is 6.26. The number of benzene rings is 2. The minimum atomic E-state index is -0.489. The van der Waals surface area contributed by atoms with E-state index in [1.54, 1.807) is 42.5 Å². The molecule has 140 valence electrons. The number of carbonyl (C=O) groups excluding carboxylic acids is 1. The highest BCUT2D eigenvalue weighted by atomic mass is 35.5. The summed E-state index contributed by atoms with van der Waals surface area (Å²) in [7, 11) is 1.53. The average Bonchev–Trinajstić information content (AvgIpc) is 2.66. The third kappa shape index (κ3) is 6.05. The van der Waals surface area contributed by atoms with Gasteiger partial charge in [0.1, 0.15) is 6.61 Å². The van der Waals surface area contributed by atoms with Crippen LogP contribution in [0.25, 0.3) is 6.08 Å². The quantitative estimate of drug-likeness (QED) is 0.507. The van der Waals surface area contributed by atoms with E-state index in [0.717, 1.165) is 5.56 Å². The SMILES string of the molecule is COc1cc(/C=C/C(=O)OCc2ccc(C#N)cc2)cc(Cl)c1OC(C)C. The summed E-state index contributed by atoms with van der Waals surface area (Å²) < 4.78 is 16.2. The molecule has 0 saturated carbocycles. The monoisotopic (exact) mass is 385 g/mol. The Morgan fingerprint density at radius 3 is 2.56 bits per heavy atom. The molecular formula is C21H20ClNO4. The number of halogens is 1. The summed E-state index contributed by atoms with van der Waals surface area (Å²) in [4.78, 5) is 11.9. The predicted molar refractivity (Wildman–Crippen MR) is 104 cm³/mol. The molecule has 0 aromatic heterocycles. The maximum absolute atomic E-state index is 11.9. The zero-order chi connectivity index (χ0) is 19.8. The second-order valence-corrected chi connectivity index (χ2v) is 6.36.